The summed E-state index contributed by atoms with van der Waals surface area (Å²) in [6.45, 7) is 5.10. The molecule has 0 aliphatic carbocycles. The van der Waals surface area contributed by atoms with E-state index in [1.807, 2.05) is 13.8 Å². The van der Waals surface area contributed by atoms with Gasteiger partial charge in [0.15, 0.2) is 11.9 Å². The molecule has 1 aromatic heterocycles. The molecule has 0 radical (unpaired) electrons. The number of nitrogens with zero attached hydrogens (tertiary/aromatic N) is 2. The summed E-state index contributed by atoms with van der Waals surface area (Å²) in [4.78, 5) is 27.0. The van der Waals surface area contributed by atoms with E-state index in [0.29, 0.717) is 31.8 Å². The summed E-state index contributed by atoms with van der Waals surface area (Å²) in [6.07, 6.45) is 3.48. The van der Waals surface area contributed by atoms with Gasteiger partial charge in [-0.2, -0.15) is 0 Å². The number of aliphatic carboxylic acids is 1. The molecule has 7 heteroatoms. The highest BCUT2D eigenvalue weighted by molar-refractivity contribution is 5.72. The predicted octanol–water partition coefficient (Wildman–Crippen LogP) is 0.943. The summed E-state index contributed by atoms with van der Waals surface area (Å²) in [6, 6.07) is 0. The third kappa shape index (κ3) is 4.04. The van der Waals surface area contributed by atoms with Crippen LogP contribution in [0.2, 0.25) is 0 Å². The van der Waals surface area contributed by atoms with Crippen LogP contribution in [-0.2, 0) is 16.1 Å². The van der Waals surface area contributed by atoms with Crippen LogP contribution < -0.4 is 10.9 Å². The Hall–Kier alpha value is -1.89. The molecule has 116 valence electrons. The zero-order valence-corrected chi connectivity index (χ0v) is 12.3. The largest absolute Gasteiger partial charge is 0.479 e. The second kappa shape index (κ2) is 6.71. The van der Waals surface area contributed by atoms with Gasteiger partial charge in [-0.25, -0.2) is 9.78 Å². The molecule has 2 rings (SSSR count). The molecule has 1 aliphatic rings. The van der Waals surface area contributed by atoms with E-state index in [1.54, 1.807) is 17.0 Å². The Morgan fingerprint density at radius 1 is 1.57 bits per heavy atom. The monoisotopic (exact) mass is 295 g/mol. The molecule has 1 fully saturated rings. The van der Waals surface area contributed by atoms with Crippen molar-refractivity contribution in [3.05, 3.63) is 22.7 Å². The van der Waals surface area contributed by atoms with Crippen molar-refractivity contribution < 1.29 is 14.6 Å². The van der Waals surface area contributed by atoms with Crippen molar-refractivity contribution in [2.45, 2.75) is 45.4 Å². The van der Waals surface area contributed by atoms with Crippen molar-refractivity contribution in [2.24, 2.45) is 5.92 Å². The number of hydrogen-bond donors (Lipinski definition) is 2. The van der Waals surface area contributed by atoms with Crippen LogP contribution in [0.25, 0.3) is 0 Å². The fourth-order valence-electron chi connectivity index (χ4n) is 2.35. The number of carboxylic acids is 1. The molecule has 1 aromatic rings. The third-order valence-corrected chi connectivity index (χ3v) is 3.36. The van der Waals surface area contributed by atoms with Crippen LogP contribution in [0, 0.1) is 5.92 Å². The molecule has 0 saturated carbocycles. The predicted molar refractivity (Wildman–Crippen MR) is 77.4 cm³/mol. The number of ether oxygens (including phenoxy) is 1. The van der Waals surface area contributed by atoms with E-state index in [4.69, 9.17) is 9.84 Å². The van der Waals surface area contributed by atoms with E-state index in [-0.39, 0.29) is 17.5 Å². The Balaban J connectivity index is 1.95. The number of hydrogen-bond acceptors (Lipinski definition) is 5. The van der Waals surface area contributed by atoms with Gasteiger partial charge in [-0.05, 0) is 18.8 Å². The quantitative estimate of drug-likeness (QED) is 0.811. The first-order chi connectivity index (χ1) is 9.97. The van der Waals surface area contributed by atoms with Crippen molar-refractivity contribution in [1.29, 1.82) is 0 Å². The van der Waals surface area contributed by atoms with Gasteiger partial charge in [0.25, 0.3) is 5.56 Å². The average molecular weight is 295 g/mol. The van der Waals surface area contributed by atoms with E-state index in [9.17, 15) is 9.59 Å². The number of carbonyl (C=O) groups is 1. The van der Waals surface area contributed by atoms with Crippen molar-refractivity contribution in [3.8, 4) is 0 Å². The first-order valence-electron chi connectivity index (χ1n) is 7.15. The fourth-order valence-corrected chi connectivity index (χ4v) is 2.35. The Morgan fingerprint density at radius 3 is 2.95 bits per heavy atom. The molecule has 2 unspecified atom stereocenters. The van der Waals surface area contributed by atoms with Gasteiger partial charge in [-0.1, -0.05) is 13.8 Å². The molecule has 0 amide bonds. The summed E-state index contributed by atoms with van der Waals surface area (Å²) in [5, 5.41) is 11.8. The van der Waals surface area contributed by atoms with E-state index in [0.717, 1.165) is 0 Å². The molecule has 2 heterocycles. The van der Waals surface area contributed by atoms with Crippen LogP contribution in [0.15, 0.2) is 17.2 Å². The summed E-state index contributed by atoms with van der Waals surface area (Å²) in [5.74, 6) is -0.289. The molecule has 0 bridgehead atoms. The summed E-state index contributed by atoms with van der Waals surface area (Å²) in [7, 11) is 0. The first kappa shape index (κ1) is 15.5. The summed E-state index contributed by atoms with van der Waals surface area (Å²) < 4.78 is 7.00. The highest BCUT2D eigenvalue weighted by Gasteiger charge is 2.30. The molecular weight excluding hydrogens is 274 g/mol. The SMILES string of the molecule is CC(C)Cn1ccnc(NCC2CCC(C(=O)O)O2)c1=O. The maximum absolute atomic E-state index is 12.2. The average Bonchev–Trinajstić information content (AvgIpc) is 2.88. The Bertz CT molecular complexity index is 555. The molecule has 21 heavy (non-hydrogen) atoms. The number of carboxylic acid groups (broad SMARTS) is 1. The Morgan fingerprint density at radius 2 is 2.33 bits per heavy atom. The molecule has 7 nitrogen and oxygen atoms in total. The highest BCUT2D eigenvalue weighted by atomic mass is 16.5. The molecule has 0 spiro atoms. The van der Waals surface area contributed by atoms with Crippen LogP contribution in [0.5, 0.6) is 0 Å². The Kier molecular flexibility index (Phi) is 4.95. The van der Waals surface area contributed by atoms with Crippen molar-refractivity contribution in [1.82, 2.24) is 9.55 Å². The molecular formula is C14H21N3O4. The molecule has 2 atom stereocenters. The summed E-state index contributed by atoms with van der Waals surface area (Å²) >= 11 is 0. The minimum absolute atomic E-state index is 0.168. The summed E-state index contributed by atoms with van der Waals surface area (Å²) in [5.41, 5.74) is -0.168. The van der Waals surface area contributed by atoms with Gasteiger partial charge in [-0.3, -0.25) is 4.79 Å². The van der Waals surface area contributed by atoms with Gasteiger partial charge in [0, 0.05) is 25.5 Å². The first-order valence-corrected chi connectivity index (χ1v) is 7.15. The van der Waals surface area contributed by atoms with Crippen LogP contribution in [0.4, 0.5) is 5.82 Å². The van der Waals surface area contributed by atoms with Crippen LogP contribution in [-0.4, -0.2) is 39.4 Å². The lowest BCUT2D eigenvalue weighted by molar-refractivity contribution is -0.149. The van der Waals surface area contributed by atoms with Gasteiger partial charge in [0.1, 0.15) is 0 Å². The van der Waals surface area contributed by atoms with Gasteiger partial charge in [0.05, 0.1) is 6.10 Å². The van der Waals surface area contributed by atoms with Crippen molar-refractivity contribution in [3.63, 3.8) is 0 Å². The van der Waals surface area contributed by atoms with Crippen LogP contribution in [0.3, 0.4) is 0 Å². The lowest BCUT2D eigenvalue weighted by atomic mass is 10.2. The number of aromatic nitrogens is 2. The fraction of sp³-hybridized carbons (Fsp3) is 0.643. The standard InChI is InChI=1S/C14H21N3O4/c1-9(2)8-17-6-5-15-12(13(17)18)16-7-10-3-4-11(21-10)14(19)20/h5-6,9-11H,3-4,7-8H2,1-2H3,(H,15,16)(H,19,20). The van der Waals surface area contributed by atoms with Crippen LogP contribution in [0.1, 0.15) is 26.7 Å². The minimum Gasteiger partial charge on any atom is -0.479 e. The number of anilines is 1. The lowest BCUT2D eigenvalue weighted by Crippen LogP contribution is -2.29. The second-order valence-electron chi connectivity index (χ2n) is 5.67. The topological polar surface area (TPSA) is 93.5 Å². The zero-order chi connectivity index (χ0) is 15.4. The second-order valence-corrected chi connectivity index (χ2v) is 5.67. The van der Waals surface area contributed by atoms with E-state index in [2.05, 4.69) is 10.3 Å². The van der Waals surface area contributed by atoms with E-state index >= 15 is 0 Å². The van der Waals surface area contributed by atoms with E-state index < -0.39 is 12.1 Å². The van der Waals surface area contributed by atoms with Gasteiger partial charge in [-0.15, -0.1) is 0 Å². The van der Waals surface area contributed by atoms with Gasteiger partial charge >= 0.3 is 5.97 Å². The highest BCUT2D eigenvalue weighted by Crippen LogP contribution is 2.19. The Labute approximate surface area is 123 Å². The van der Waals surface area contributed by atoms with Crippen molar-refractivity contribution in [2.75, 3.05) is 11.9 Å². The number of nitrogens with one attached hydrogen (secondary N) is 1. The lowest BCUT2D eigenvalue weighted by Gasteiger charge is -2.14. The van der Waals surface area contributed by atoms with Gasteiger partial charge in [0.2, 0.25) is 0 Å². The molecule has 2 N–H and O–H groups in total. The smallest absolute Gasteiger partial charge is 0.332 e. The van der Waals surface area contributed by atoms with Gasteiger partial charge < -0.3 is 19.7 Å². The third-order valence-electron chi connectivity index (χ3n) is 3.36. The maximum atomic E-state index is 12.2. The molecule has 1 aliphatic heterocycles. The minimum atomic E-state index is -0.936. The number of rotatable bonds is 6. The van der Waals surface area contributed by atoms with Crippen LogP contribution >= 0.6 is 0 Å². The molecule has 1 saturated heterocycles. The maximum Gasteiger partial charge on any atom is 0.332 e. The van der Waals surface area contributed by atoms with E-state index in [1.165, 1.54) is 0 Å². The normalized spacial score (nSPS) is 21.7. The molecule has 0 aromatic carbocycles. The van der Waals surface area contributed by atoms with Crippen molar-refractivity contribution >= 4 is 11.8 Å². The zero-order valence-electron chi connectivity index (χ0n) is 12.3.